The van der Waals surface area contributed by atoms with Gasteiger partial charge in [-0.2, -0.15) is 0 Å². The smallest absolute Gasteiger partial charge is 0.258 e. The molecule has 2 aromatic carbocycles. The molecule has 0 radical (unpaired) electrons. The van der Waals surface area contributed by atoms with Crippen molar-refractivity contribution < 1.29 is 18.7 Å². The largest absolute Gasteiger partial charge is 0.493 e. The summed E-state index contributed by atoms with van der Waals surface area (Å²) in [4.78, 5) is 14.4. The van der Waals surface area contributed by atoms with Crippen LogP contribution in [-0.2, 0) is 6.42 Å². The third kappa shape index (κ3) is 2.74. The summed E-state index contributed by atoms with van der Waals surface area (Å²) < 4.78 is 24.6. The molecule has 0 aliphatic carbocycles. The van der Waals surface area contributed by atoms with Gasteiger partial charge in [-0.15, -0.1) is 0 Å². The lowest BCUT2D eigenvalue weighted by atomic mass is 10.00. The van der Waals surface area contributed by atoms with E-state index in [1.807, 2.05) is 6.07 Å². The average molecular weight is 315 g/mol. The van der Waals surface area contributed by atoms with Crippen molar-refractivity contribution in [2.24, 2.45) is 0 Å². The van der Waals surface area contributed by atoms with Crippen LogP contribution in [0.3, 0.4) is 0 Å². The number of halogens is 1. The van der Waals surface area contributed by atoms with E-state index >= 15 is 0 Å². The van der Waals surface area contributed by atoms with Crippen molar-refractivity contribution in [2.75, 3.05) is 25.7 Å². The average Bonchev–Trinajstić information content (AvgIpc) is 2.60. The molecule has 0 aromatic heterocycles. The van der Waals surface area contributed by atoms with E-state index in [9.17, 15) is 9.18 Å². The van der Waals surface area contributed by atoms with Gasteiger partial charge < -0.3 is 14.4 Å². The quantitative estimate of drug-likeness (QED) is 0.871. The minimum absolute atomic E-state index is 0.239. The summed E-state index contributed by atoms with van der Waals surface area (Å²) in [6, 6.07) is 9.90. The number of hydrogen-bond acceptors (Lipinski definition) is 3. The summed E-state index contributed by atoms with van der Waals surface area (Å²) in [7, 11) is 3.05. The van der Waals surface area contributed by atoms with Gasteiger partial charge in [-0.1, -0.05) is 12.1 Å². The fourth-order valence-corrected chi connectivity index (χ4v) is 2.93. The first-order valence-corrected chi connectivity index (χ1v) is 7.47. The highest BCUT2D eigenvalue weighted by molar-refractivity contribution is 6.07. The van der Waals surface area contributed by atoms with Crippen LogP contribution in [0.5, 0.6) is 11.5 Å². The summed E-state index contributed by atoms with van der Waals surface area (Å²) in [6.07, 6.45) is 1.60. The van der Waals surface area contributed by atoms with Gasteiger partial charge in [-0.3, -0.25) is 4.79 Å². The first kappa shape index (κ1) is 15.3. The van der Waals surface area contributed by atoms with E-state index in [-0.39, 0.29) is 11.7 Å². The SMILES string of the molecule is COc1ccc(C(=O)N2CCCc3cccc(F)c32)cc1OC. The summed E-state index contributed by atoms with van der Waals surface area (Å²) in [6.45, 7) is 0.501. The highest BCUT2D eigenvalue weighted by atomic mass is 19.1. The maximum Gasteiger partial charge on any atom is 0.258 e. The maximum absolute atomic E-state index is 14.2. The second-order valence-electron chi connectivity index (χ2n) is 5.38. The first-order valence-electron chi connectivity index (χ1n) is 7.47. The van der Waals surface area contributed by atoms with Crippen LogP contribution in [0.1, 0.15) is 22.3 Å². The van der Waals surface area contributed by atoms with Crippen LogP contribution >= 0.6 is 0 Å². The number of carbonyl (C=O) groups is 1. The van der Waals surface area contributed by atoms with E-state index < -0.39 is 0 Å². The van der Waals surface area contributed by atoms with E-state index in [0.717, 1.165) is 18.4 Å². The number of carbonyl (C=O) groups excluding carboxylic acids is 1. The molecule has 120 valence electrons. The second kappa shape index (κ2) is 6.28. The molecule has 1 heterocycles. The zero-order valence-electron chi connectivity index (χ0n) is 13.1. The highest BCUT2D eigenvalue weighted by Crippen LogP contribution is 2.33. The highest BCUT2D eigenvalue weighted by Gasteiger charge is 2.27. The Morgan fingerprint density at radius 2 is 1.91 bits per heavy atom. The van der Waals surface area contributed by atoms with Crippen molar-refractivity contribution in [3.8, 4) is 11.5 Å². The molecule has 23 heavy (non-hydrogen) atoms. The molecule has 4 nitrogen and oxygen atoms in total. The van der Waals surface area contributed by atoms with Gasteiger partial charge in [0.15, 0.2) is 11.5 Å². The van der Waals surface area contributed by atoms with Gasteiger partial charge in [0, 0.05) is 12.1 Å². The molecular formula is C18H18FNO3. The Bertz CT molecular complexity index is 745. The molecule has 1 aliphatic rings. The molecule has 0 fully saturated rings. The van der Waals surface area contributed by atoms with Gasteiger partial charge >= 0.3 is 0 Å². The molecule has 0 saturated heterocycles. The molecule has 0 atom stereocenters. The molecule has 2 aromatic rings. The Balaban J connectivity index is 1.99. The van der Waals surface area contributed by atoms with Crippen LogP contribution in [0.2, 0.25) is 0 Å². The molecule has 0 spiro atoms. The molecule has 0 unspecified atom stereocenters. The molecule has 3 rings (SSSR count). The van der Waals surface area contributed by atoms with E-state index in [1.165, 1.54) is 25.2 Å². The lowest BCUT2D eigenvalue weighted by Crippen LogP contribution is -2.36. The Morgan fingerprint density at radius 3 is 2.65 bits per heavy atom. The van der Waals surface area contributed by atoms with E-state index in [1.54, 1.807) is 24.3 Å². The van der Waals surface area contributed by atoms with Crippen LogP contribution in [0.4, 0.5) is 10.1 Å². The Morgan fingerprint density at radius 1 is 1.13 bits per heavy atom. The van der Waals surface area contributed by atoms with Crippen molar-refractivity contribution in [3.05, 3.63) is 53.3 Å². The molecule has 0 saturated carbocycles. The molecule has 1 amide bonds. The standard InChI is InChI=1S/C18H18FNO3/c1-22-15-9-8-13(11-16(15)23-2)18(21)20-10-4-6-12-5-3-7-14(19)17(12)20/h3,5,7-9,11H,4,6,10H2,1-2H3. The van der Waals surface area contributed by atoms with Gasteiger partial charge in [0.1, 0.15) is 5.82 Å². The number of nitrogens with zero attached hydrogens (tertiary/aromatic N) is 1. The molecular weight excluding hydrogens is 297 g/mol. The predicted molar refractivity (Wildman–Crippen MR) is 85.9 cm³/mol. The lowest BCUT2D eigenvalue weighted by Gasteiger charge is -2.30. The van der Waals surface area contributed by atoms with Crippen molar-refractivity contribution in [1.82, 2.24) is 0 Å². The summed E-state index contributed by atoms with van der Waals surface area (Å²) in [5.41, 5.74) is 1.70. The van der Waals surface area contributed by atoms with Crippen molar-refractivity contribution in [2.45, 2.75) is 12.8 Å². The monoisotopic (exact) mass is 315 g/mol. The minimum Gasteiger partial charge on any atom is -0.493 e. The number of para-hydroxylation sites is 1. The third-order valence-electron chi connectivity index (χ3n) is 4.04. The summed E-state index contributed by atoms with van der Waals surface area (Å²) in [5.74, 6) is 0.423. The zero-order valence-corrected chi connectivity index (χ0v) is 13.1. The third-order valence-corrected chi connectivity index (χ3v) is 4.04. The summed E-state index contributed by atoms with van der Waals surface area (Å²) >= 11 is 0. The molecule has 1 aliphatic heterocycles. The van der Waals surface area contributed by atoms with Gasteiger partial charge in [-0.25, -0.2) is 4.39 Å². The van der Waals surface area contributed by atoms with Crippen molar-refractivity contribution in [1.29, 1.82) is 0 Å². The van der Waals surface area contributed by atoms with E-state index in [4.69, 9.17) is 9.47 Å². The fraction of sp³-hybridized carbons (Fsp3) is 0.278. The number of rotatable bonds is 3. The number of ether oxygens (including phenoxy) is 2. The Labute approximate surface area is 134 Å². The normalized spacial score (nSPS) is 13.4. The van der Waals surface area contributed by atoms with Crippen LogP contribution in [-0.4, -0.2) is 26.7 Å². The number of hydrogen-bond donors (Lipinski definition) is 0. The van der Waals surface area contributed by atoms with Gasteiger partial charge in [0.05, 0.1) is 19.9 Å². The maximum atomic E-state index is 14.2. The van der Waals surface area contributed by atoms with E-state index in [2.05, 4.69) is 0 Å². The van der Waals surface area contributed by atoms with Gasteiger partial charge in [-0.05, 0) is 42.7 Å². The lowest BCUT2D eigenvalue weighted by molar-refractivity contribution is 0.0983. The fourth-order valence-electron chi connectivity index (χ4n) is 2.93. The number of fused-ring (bicyclic) bond motifs is 1. The van der Waals surface area contributed by atoms with Crippen LogP contribution < -0.4 is 14.4 Å². The number of amides is 1. The van der Waals surface area contributed by atoms with E-state index in [0.29, 0.717) is 29.3 Å². The number of aryl methyl sites for hydroxylation is 1. The second-order valence-corrected chi connectivity index (χ2v) is 5.38. The van der Waals surface area contributed by atoms with Crippen LogP contribution in [0.15, 0.2) is 36.4 Å². The zero-order chi connectivity index (χ0) is 16.4. The van der Waals surface area contributed by atoms with Gasteiger partial charge in [0.2, 0.25) is 0 Å². The molecule has 0 N–H and O–H groups in total. The van der Waals surface area contributed by atoms with Crippen LogP contribution in [0, 0.1) is 5.82 Å². The topological polar surface area (TPSA) is 38.8 Å². The van der Waals surface area contributed by atoms with Crippen LogP contribution in [0.25, 0.3) is 0 Å². The Kier molecular flexibility index (Phi) is 4.19. The van der Waals surface area contributed by atoms with Crippen molar-refractivity contribution >= 4 is 11.6 Å². The summed E-state index contributed by atoms with van der Waals surface area (Å²) in [5, 5.41) is 0. The predicted octanol–water partition coefficient (Wildman–Crippen LogP) is 3.44. The molecule has 0 bridgehead atoms. The Hall–Kier alpha value is -2.56. The number of benzene rings is 2. The van der Waals surface area contributed by atoms with Gasteiger partial charge in [0.25, 0.3) is 5.91 Å². The molecule has 5 heteroatoms. The number of methoxy groups -OCH3 is 2. The number of anilines is 1. The minimum atomic E-state index is -0.365. The van der Waals surface area contributed by atoms with Crippen molar-refractivity contribution in [3.63, 3.8) is 0 Å². The first-order chi connectivity index (χ1) is 11.2.